The van der Waals surface area contributed by atoms with E-state index in [1.807, 2.05) is 29.8 Å². The topological polar surface area (TPSA) is 71.7 Å². The third-order valence-corrected chi connectivity index (χ3v) is 9.13. The van der Waals surface area contributed by atoms with Crippen molar-refractivity contribution in [3.05, 3.63) is 57.3 Å². The fraction of sp³-hybridized carbons (Fsp3) is 0.364. The Bertz CT molecular complexity index is 1300. The molecule has 2 heterocycles. The lowest BCUT2D eigenvalue weighted by molar-refractivity contribution is 0.0998. The highest BCUT2D eigenvalue weighted by Crippen LogP contribution is 2.27. The highest BCUT2D eigenvalue weighted by molar-refractivity contribution is 9.10. The molecule has 0 aliphatic carbocycles. The minimum atomic E-state index is -3.57. The lowest BCUT2D eigenvalue weighted by atomic mass is 9.94. The predicted octanol–water partition coefficient (Wildman–Crippen LogP) is 4.41. The maximum Gasteiger partial charge on any atom is 0.279 e. The number of halogens is 1. The number of carbonyl (C=O) groups excluding carboxylic acids is 1. The van der Waals surface area contributed by atoms with Crippen LogP contribution in [0.15, 0.2) is 56.8 Å². The SMILES string of the molecule is CC1CC(C)CN(S(=O)(=O)c2ccc(C(=O)N=c3sc4cccc(Br)c4n3C)cc2)C1. The number of nitrogens with zero attached hydrogens (tertiary/aromatic N) is 3. The van der Waals surface area contributed by atoms with Gasteiger partial charge < -0.3 is 4.57 Å². The number of benzene rings is 2. The number of sulfonamides is 1. The van der Waals surface area contributed by atoms with Gasteiger partial charge in [-0.15, -0.1) is 0 Å². The van der Waals surface area contributed by atoms with Crippen molar-refractivity contribution in [2.45, 2.75) is 25.2 Å². The highest BCUT2D eigenvalue weighted by atomic mass is 79.9. The molecule has 2 atom stereocenters. The van der Waals surface area contributed by atoms with Gasteiger partial charge in [-0.3, -0.25) is 4.79 Å². The molecule has 4 rings (SSSR count). The van der Waals surface area contributed by atoms with Crippen molar-refractivity contribution in [1.82, 2.24) is 8.87 Å². The maximum absolute atomic E-state index is 13.0. The van der Waals surface area contributed by atoms with Gasteiger partial charge >= 0.3 is 0 Å². The number of aryl methyl sites for hydroxylation is 1. The van der Waals surface area contributed by atoms with E-state index in [1.165, 1.54) is 23.5 Å². The summed E-state index contributed by atoms with van der Waals surface area (Å²) < 4.78 is 31.5. The molecular weight excluding hydrogens is 498 g/mol. The number of aromatic nitrogens is 1. The number of thiazole rings is 1. The summed E-state index contributed by atoms with van der Waals surface area (Å²) in [7, 11) is -1.71. The van der Waals surface area contributed by atoms with Crippen LogP contribution < -0.4 is 4.80 Å². The van der Waals surface area contributed by atoms with Crippen molar-refractivity contribution in [3.8, 4) is 0 Å². The summed E-state index contributed by atoms with van der Waals surface area (Å²) in [5.41, 5.74) is 1.33. The van der Waals surface area contributed by atoms with E-state index in [4.69, 9.17) is 0 Å². The molecule has 0 spiro atoms. The van der Waals surface area contributed by atoms with Gasteiger partial charge in [-0.1, -0.05) is 31.3 Å². The van der Waals surface area contributed by atoms with E-state index in [0.29, 0.717) is 35.3 Å². The van der Waals surface area contributed by atoms with Crippen LogP contribution in [0.3, 0.4) is 0 Å². The first-order valence-electron chi connectivity index (χ1n) is 10.1. The lowest BCUT2D eigenvalue weighted by Crippen LogP contribution is -2.42. The number of piperidine rings is 1. The molecule has 2 unspecified atom stereocenters. The summed E-state index contributed by atoms with van der Waals surface area (Å²) >= 11 is 4.97. The van der Waals surface area contributed by atoms with Crippen molar-refractivity contribution in [1.29, 1.82) is 0 Å². The number of rotatable bonds is 3. The molecule has 0 radical (unpaired) electrons. The Morgan fingerprint density at radius 1 is 1.10 bits per heavy atom. The molecule has 1 aliphatic rings. The third kappa shape index (κ3) is 4.41. The number of hydrogen-bond acceptors (Lipinski definition) is 4. The second-order valence-corrected chi connectivity index (χ2v) is 12.0. The second kappa shape index (κ2) is 8.61. The van der Waals surface area contributed by atoms with Crippen LogP contribution in [-0.4, -0.2) is 36.3 Å². The predicted molar refractivity (Wildman–Crippen MR) is 127 cm³/mol. The van der Waals surface area contributed by atoms with Gasteiger partial charge in [0.2, 0.25) is 10.0 Å². The zero-order valence-electron chi connectivity index (χ0n) is 17.6. The van der Waals surface area contributed by atoms with Gasteiger partial charge in [0.1, 0.15) is 0 Å². The quantitative estimate of drug-likeness (QED) is 0.512. The molecule has 164 valence electrons. The number of hydrogen-bond donors (Lipinski definition) is 0. The summed E-state index contributed by atoms with van der Waals surface area (Å²) in [6.07, 6.45) is 1.03. The molecular formula is C22H24BrN3O3S2. The molecule has 1 aromatic heterocycles. The first kappa shape index (κ1) is 22.4. The van der Waals surface area contributed by atoms with Crippen LogP contribution in [0.1, 0.15) is 30.6 Å². The van der Waals surface area contributed by atoms with E-state index in [-0.39, 0.29) is 4.90 Å². The van der Waals surface area contributed by atoms with Crippen LogP contribution in [0.4, 0.5) is 0 Å². The number of carbonyl (C=O) groups is 1. The van der Waals surface area contributed by atoms with E-state index in [9.17, 15) is 13.2 Å². The van der Waals surface area contributed by atoms with Gasteiger partial charge in [0.15, 0.2) is 4.80 Å². The van der Waals surface area contributed by atoms with Crippen LogP contribution in [0, 0.1) is 11.8 Å². The third-order valence-electron chi connectivity index (χ3n) is 5.54. The smallest absolute Gasteiger partial charge is 0.279 e. The fourth-order valence-electron chi connectivity index (χ4n) is 4.14. The molecule has 0 N–H and O–H groups in total. The monoisotopic (exact) mass is 521 g/mol. The summed E-state index contributed by atoms with van der Waals surface area (Å²) in [5, 5.41) is 0. The Hall–Kier alpha value is -1.81. The van der Waals surface area contributed by atoms with E-state index in [2.05, 4.69) is 34.8 Å². The van der Waals surface area contributed by atoms with Crippen LogP contribution >= 0.6 is 27.3 Å². The molecule has 31 heavy (non-hydrogen) atoms. The lowest BCUT2D eigenvalue weighted by Gasteiger charge is -2.34. The number of para-hydroxylation sites is 1. The van der Waals surface area contributed by atoms with E-state index < -0.39 is 15.9 Å². The molecule has 0 bridgehead atoms. The normalized spacial score (nSPS) is 21.0. The Morgan fingerprint density at radius 2 is 1.74 bits per heavy atom. The van der Waals surface area contributed by atoms with E-state index in [1.54, 1.807) is 16.4 Å². The number of fused-ring (bicyclic) bond motifs is 1. The van der Waals surface area contributed by atoms with Gasteiger partial charge in [0, 0.05) is 30.2 Å². The first-order valence-corrected chi connectivity index (χ1v) is 13.1. The number of amides is 1. The Balaban J connectivity index is 1.61. The Morgan fingerprint density at radius 3 is 2.35 bits per heavy atom. The van der Waals surface area contributed by atoms with Crippen molar-refractivity contribution < 1.29 is 13.2 Å². The maximum atomic E-state index is 13.0. The van der Waals surface area contributed by atoms with Crippen molar-refractivity contribution in [2.24, 2.45) is 23.9 Å². The Labute approximate surface area is 194 Å². The standard InChI is InChI=1S/C22H24BrN3O3S2/c1-14-11-15(2)13-26(12-14)31(28,29)17-9-7-16(8-10-17)21(27)24-22-25(3)20-18(23)5-4-6-19(20)30-22/h4-10,14-15H,11-13H2,1-3H3. The molecule has 6 nitrogen and oxygen atoms in total. The molecule has 3 aromatic rings. The average molecular weight is 522 g/mol. The van der Waals surface area contributed by atoms with E-state index in [0.717, 1.165) is 21.1 Å². The second-order valence-electron chi connectivity index (χ2n) is 8.24. The van der Waals surface area contributed by atoms with Gasteiger partial charge in [-0.2, -0.15) is 9.30 Å². The van der Waals surface area contributed by atoms with Gasteiger partial charge in [0.25, 0.3) is 5.91 Å². The highest BCUT2D eigenvalue weighted by Gasteiger charge is 2.31. The molecule has 0 saturated carbocycles. The van der Waals surface area contributed by atoms with Crippen LogP contribution in [0.5, 0.6) is 0 Å². The van der Waals surface area contributed by atoms with Crippen LogP contribution in [-0.2, 0) is 17.1 Å². The summed E-state index contributed by atoms with van der Waals surface area (Å²) in [5.74, 6) is 0.267. The van der Waals surface area contributed by atoms with Crippen molar-refractivity contribution in [2.75, 3.05) is 13.1 Å². The van der Waals surface area contributed by atoms with Crippen molar-refractivity contribution in [3.63, 3.8) is 0 Å². The van der Waals surface area contributed by atoms with Gasteiger partial charge in [-0.25, -0.2) is 8.42 Å². The molecule has 1 amide bonds. The molecule has 2 aromatic carbocycles. The average Bonchev–Trinajstić information content (AvgIpc) is 3.04. The minimum Gasteiger partial charge on any atom is -0.318 e. The largest absolute Gasteiger partial charge is 0.318 e. The van der Waals surface area contributed by atoms with Crippen LogP contribution in [0.25, 0.3) is 10.2 Å². The summed E-state index contributed by atoms with van der Waals surface area (Å²) in [6, 6.07) is 12.0. The van der Waals surface area contributed by atoms with Crippen molar-refractivity contribution >= 4 is 53.4 Å². The molecule has 9 heteroatoms. The zero-order valence-corrected chi connectivity index (χ0v) is 20.8. The summed E-state index contributed by atoms with van der Waals surface area (Å²) in [4.78, 5) is 17.8. The first-order chi connectivity index (χ1) is 14.7. The van der Waals surface area contributed by atoms with Gasteiger partial charge in [-0.05, 0) is 70.6 Å². The molecule has 1 saturated heterocycles. The Kier molecular flexibility index (Phi) is 6.22. The zero-order chi connectivity index (χ0) is 22.3. The molecule has 1 aliphatic heterocycles. The van der Waals surface area contributed by atoms with Crippen LogP contribution in [0.2, 0.25) is 0 Å². The molecule has 1 fully saturated rings. The van der Waals surface area contributed by atoms with Gasteiger partial charge in [0.05, 0.1) is 15.1 Å². The fourth-order valence-corrected chi connectivity index (χ4v) is 7.62. The minimum absolute atomic E-state index is 0.210. The van der Waals surface area contributed by atoms with E-state index >= 15 is 0 Å². The summed E-state index contributed by atoms with van der Waals surface area (Å²) in [6.45, 7) is 5.21.